The molecule has 0 radical (unpaired) electrons. The van der Waals surface area contributed by atoms with Gasteiger partial charge in [0.2, 0.25) is 5.91 Å². The maximum atomic E-state index is 12.3. The number of ether oxygens (including phenoxy) is 2. The van der Waals surface area contributed by atoms with Gasteiger partial charge in [0.25, 0.3) is 5.91 Å². The molecule has 2 N–H and O–H groups in total. The lowest BCUT2D eigenvalue weighted by molar-refractivity contribution is -0.117. The molecule has 1 atom stereocenters. The Labute approximate surface area is 139 Å². The summed E-state index contributed by atoms with van der Waals surface area (Å²) in [7, 11) is 2.99. The van der Waals surface area contributed by atoms with Gasteiger partial charge in [-0.3, -0.25) is 9.59 Å². The van der Waals surface area contributed by atoms with Gasteiger partial charge in [0.05, 0.1) is 14.2 Å². The van der Waals surface area contributed by atoms with Crippen LogP contribution in [0.25, 0.3) is 0 Å². The molecular weight excluding hydrogens is 314 g/mol. The van der Waals surface area contributed by atoms with Crippen LogP contribution in [0.2, 0.25) is 0 Å². The molecule has 8 nitrogen and oxygen atoms in total. The van der Waals surface area contributed by atoms with E-state index in [4.69, 9.17) is 14.0 Å². The zero-order valence-corrected chi connectivity index (χ0v) is 13.9. The molecule has 1 aromatic carbocycles. The van der Waals surface area contributed by atoms with Crippen molar-refractivity contribution in [1.82, 2.24) is 10.5 Å². The average Bonchev–Trinajstić information content (AvgIpc) is 2.98. The van der Waals surface area contributed by atoms with Gasteiger partial charge in [-0.1, -0.05) is 5.16 Å². The smallest absolute Gasteiger partial charge is 0.252 e. The molecule has 0 saturated heterocycles. The molecule has 1 heterocycles. The molecule has 2 aromatic rings. The Hall–Kier alpha value is -3.03. The Morgan fingerprint density at radius 2 is 1.88 bits per heavy atom. The lowest BCUT2D eigenvalue weighted by atomic mass is 10.1. The van der Waals surface area contributed by atoms with Gasteiger partial charge in [0, 0.05) is 11.6 Å². The number of aryl methyl sites for hydroxylation is 1. The van der Waals surface area contributed by atoms with Crippen LogP contribution in [-0.4, -0.2) is 37.2 Å². The minimum Gasteiger partial charge on any atom is -0.493 e. The van der Waals surface area contributed by atoms with Crippen LogP contribution in [0.15, 0.2) is 28.8 Å². The van der Waals surface area contributed by atoms with Crippen molar-refractivity contribution in [3.05, 3.63) is 35.6 Å². The number of carbonyl (C=O) groups is 2. The Morgan fingerprint density at radius 1 is 1.17 bits per heavy atom. The van der Waals surface area contributed by atoms with Crippen LogP contribution >= 0.6 is 0 Å². The van der Waals surface area contributed by atoms with Crippen LogP contribution in [-0.2, 0) is 4.79 Å². The summed E-state index contributed by atoms with van der Waals surface area (Å²) in [6.45, 7) is 3.28. The highest BCUT2D eigenvalue weighted by Gasteiger charge is 2.19. The van der Waals surface area contributed by atoms with Crippen LogP contribution in [0.1, 0.15) is 23.0 Å². The fourth-order valence-electron chi connectivity index (χ4n) is 1.98. The summed E-state index contributed by atoms with van der Waals surface area (Å²) in [5, 5.41) is 8.83. The maximum absolute atomic E-state index is 12.3. The standard InChI is InChI=1S/C16H19N3O5/c1-9-7-14(19-24-9)18-15(20)10(2)17-16(21)11-5-6-12(22-3)13(8-11)23-4/h5-8,10H,1-4H3,(H,17,21)(H,18,19,20)/t10-/m0/s1. The number of aromatic nitrogens is 1. The van der Waals surface area contributed by atoms with Gasteiger partial charge in [-0.2, -0.15) is 0 Å². The van der Waals surface area contributed by atoms with Gasteiger partial charge in [0.1, 0.15) is 11.8 Å². The van der Waals surface area contributed by atoms with Crippen molar-refractivity contribution in [2.24, 2.45) is 0 Å². The lowest BCUT2D eigenvalue weighted by Crippen LogP contribution is -2.41. The molecule has 0 unspecified atom stereocenters. The highest BCUT2D eigenvalue weighted by molar-refractivity contribution is 6.00. The predicted octanol–water partition coefficient (Wildman–Crippen LogP) is 1.76. The Balaban J connectivity index is 2.01. The number of anilines is 1. The van der Waals surface area contributed by atoms with Crippen molar-refractivity contribution in [3.63, 3.8) is 0 Å². The van der Waals surface area contributed by atoms with Crippen molar-refractivity contribution in [3.8, 4) is 11.5 Å². The van der Waals surface area contributed by atoms with E-state index in [-0.39, 0.29) is 0 Å². The SMILES string of the molecule is COc1ccc(C(=O)N[C@@H](C)C(=O)Nc2cc(C)on2)cc1OC. The van der Waals surface area contributed by atoms with Crippen molar-refractivity contribution in [2.45, 2.75) is 19.9 Å². The van der Waals surface area contributed by atoms with E-state index in [1.54, 1.807) is 38.1 Å². The van der Waals surface area contributed by atoms with Crippen molar-refractivity contribution >= 4 is 17.6 Å². The molecule has 128 valence electrons. The number of rotatable bonds is 6. The summed E-state index contributed by atoms with van der Waals surface area (Å²) >= 11 is 0. The third kappa shape index (κ3) is 4.03. The van der Waals surface area contributed by atoms with E-state index in [1.807, 2.05) is 0 Å². The van der Waals surface area contributed by atoms with Crippen LogP contribution in [0.5, 0.6) is 11.5 Å². The van der Waals surface area contributed by atoms with Crippen LogP contribution in [0.3, 0.4) is 0 Å². The maximum Gasteiger partial charge on any atom is 0.252 e. The second-order valence-electron chi connectivity index (χ2n) is 5.08. The molecule has 0 aliphatic rings. The summed E-state index contributed by atoms with van der Waals surface area (Å²) in [5.41, 5.74) is 0.351. The molecule has 2 rings (SSSR count). The first-order valence-corrected chi connectivity index (χ1v) is 7.21. The molecule has 0 fully saturated rings. The summed E-state index contributed by atoms with van der Waals surface area (Å²) in [6, 6.07) is 5.57. The Morgan fingerprint density at radius 3 is 2.46 bits per heavy atom. The van der Waals surface area contributed by atoms with E-state index in [0.717, 1.165) is 0 Å². The fraction of sp³-hybridized carbons (Fsp3) is 0.312. The summed E-state index contributed by atoms with van der Waals surface area (Å²) in [4.78, 5) is 24.3. The van der Waals surface area contributed by atoms with Crippen LogP contribution < -0.4 is 20.1 Å². The third-order valence-electron chi connectivity index (χ3n) is 3.27. The highest BCUT2D eigenvalue weighted by Crippen LogP contribution is 2.27. The van der Waals surface area contributed by atoms with Crippen molar-refractivity contribution < 1.29 is 23.6 Å². The molecular formula is C16H19N3O5. The third-order valence-corrected chi connectivity index (χ3v) is 3.27. The van der Waals surface area contributed by atoms with E-state index in [9.17, 15) is 9.59 Å². The molecule has 1 aromatic heterocycles. The molecule has 0 aliphatic heterocycles. The van der Waals surface area contributed by atoms with Gasteiger partial charge in [-0.05, 0) is 32.0 Å². The largest absolute Gasteiger partial charge is 0.493 e. The van der Waals surface area contributed by atoms with E-state index < -0.39 is 17.9 Å². The second-order valence-corrected chi connectivity index (χ2v) is 5.08. The normalized spacial score (nSPS) is 11.5. The van der Waals surface area contributed by atoms with Gasteiger partial charge < -0.3 is 24.6 Å². The number of methoxy groups -OCH3 is 2. The average molecular weight is 333 g/mol. The van der Waals surface area contributed by atoms with Crippen molar-refractivity contribution in [1.29, 1.82) is 0 Å². The second kappa shape index (κ2) is 7.49. The topological polar surface area (TPSA) is 103 Å². The van der Waals surface area contributed by atoms with E-state index in [1.165, 1.54) is 14.2 Å². The molecule has 2 amide bonds. The molecule has 0 bridgehead atoms. The number of benzene rings is 1. The molecule has 0 spiro atoms. The predicted molar refractivity (Wildman–Crippen MR) is 86.3 cm³/mol. The summed E-state index contributed by atoms with van der Waals surface area (Å²) < 4.78 is 15.1. The highest BCUT2D eigenvalue weighted by atomic mass is 16.5. The fourth-order valence-corrected chi connectivity index (χ4v) is 1.98. The number of nitrogens with one attached hydrogen (secondary N) is 2. The van der Waals surface area contributed by atoms with Gasteiger partial charge in [-0.25, -0.2) is 0 Å². The number of amides is 2. The van der Waals surface area contributed by atoms with Crippen molar-refractivity contribution in [2.75, 3.05) is 19.5 Å². The zero-order valence-electron chi connectivity index (χ0n) is 13.9. The number of nitrogens with zero attached hydrogens (tertiary/aromatic N) is 1. The zero-order chi connectivity index (χ0) is 17.7. The summed E-state index contributed by atoms with van der Waals surface area (Å²) in [5.74, 6) is 1.01. The number of hydrogen-bond donors (Lipinski definition) is 2. The first kappa shape index (κ1) is 17.3. The number of hydrogen-bond acceptors (Lipinski definition) is 6. The monoisotopic (exact) mass is 333 g/mol. The number of carbonyl (C=O) groups excluding carboxylic acids is 2. The molecule has 8 heteroatoms. The van der Waals surface area contributed by atoms with Gasteiger partial charge in [-0.15, -0.1) is 0 Å². The molecule has 0 aliphatic carbocycles. The Kier molecular flexibility index (Phi) is 5.41. The molecule has 24 heavy (non-hydrogen) atoms. The van der Waals surface area contributed by atoms with E-state index in [2.05, 4.69) is 15.8 Å². The van der Waals surface area contributed by atoms with Crippen LogP contribution in [0.4, 0.5) is 5.82 Å². The first-order valence-electron chi connectivity index (χ1n) is 7.21. The lowest BCUT2D eigenvalue weighted by Gasteiger charge is -2.14. The first-order chi connectivity index (χ1) is 11.4. The molecule has 0 saturated carbocycles. The quantitative estimate of drug-likeness (QED) is 0.835. The Bertz CT molecular complexity index is 741. The van der Waals surface area contributed by atoms with Crippen LogP contribution in [0, 0.1) is 6.92 Å². The summed E-state index contributed by atoms with van der Waals surface area (Å²) in [6.07, 6.45) is 0. The minimum absolute atomic E-state index is 0.296. The van der Waals surface area contributed by atoms with E-state index in [0.29, 0.717) is 28.6 Å². The van der Waals surface area contributed by atoms with E-state index >= 15 is 0 Å². The van der Waals surface area contributed by atoms with Gasteiger partial charge >= 0.3 is 0 Å². The minimum atomic E-state index is -0.761. The van der Waals surface area contributed by atoms with Gasteiger partial charge in [0.15, 0.2) is 17.3 Å².